The molecule has 1 atom stereocenters. The molecule has 1 unspecified atom stereocenters. The first-order valence-corrected chi connectivity index (χ1v) is 11.5. The molecule has 4 aromatic rings. The van der Waals surface area contributed by atoms with Crippen LogP contribution in [0, 0.1) is 5.82 Å². The summed E-state index contributed by atoms with van der Waals surface area (Å²) in [4.78, 5) is 36.3. The standard InChI is InChI=1S/C27H22FN5O2/c1-32-15-29-22-13-16(4-11-23(22)32)26(25-20-10-5-17(28)14-21(20)31-27(25)35)30-18-6-8-19(9-7-18)33-12-2-3-24(33)34/h4-11,13-15,25H,2-3,12H2,1H3,(H,31,35). The number of aromatic nitrogens is 2. The third-order valence-corrected chi connectivity index (χ3v) is 6.63. The smallest absolute Gasteiger partial charge is 0.238 e. The third kappa shape index (κ3) is 3.67. The number of hydrogen-bond acceptors (Lipinski definition) is 4. The van der Waals surface area contributed by atoms with E-state index >= 15 is 0 Å². The Hall–Kier alpha value is -4.33. The van der Waals surface area contributed by atoms with E-state index in [0.717, 1.165) is 28.7 Å². The summed E-state index contributed by atoms with van der Waals surface area (Å²) in [5.41, 5.74) is 5.68. The van der Waals surface area contributed by atoms with Crippen molar-refractivity contribution >= 4 is 45.6 Å². The van der Waals surface area contributed by atoms with Gasteiger partial charge >= 0.3 is 0 Å². The largest absolute Gasteiger partial charge is 0.334 e. The molecular formula is C27H22FN5O2. The maximum Gasteiger partial charge on any atom is 0.238 e. The molecule has 3 aromatic carbocycles. The van der Waals surface area contributed by atoms with Crippen molar-refractivity contribution in [3.63, 3.8) is 0 Å². The normalized spacial score (nSPS) is 17.8. The Balaban J connectivity index is 1.46. The van der Waals surface area contributed by atoms with Crippen LogP contribution in [0.25, 0.3) is 11.0 Å². The number of imidazole rings is 1. The van der Waals surface area contributed by atoms with Gasteiger partial charge in [-0.15, -0.1) is 0 Å². The van der Waals surface area contributed by atoms with Crippen molar-refractivity contribution in [2.24, 2.45) is 12.0 Å². The number of carbonyl (C=O) groups excluding carboxylic acids is 2. The SMILES string of the molecule is Cn1cnc2cc(C(=Nc3ccc(N4CCCC4=O)cc3)C3C(=O)Nc4cc(F)ccc43)ccc21. The molecule has 1 fully saturated rings. The molecule has 2 amide bonds. The average Bonchev–Trinajstić information content (AvgIpc) is 3.54. The second-order valence-electron chi connectivity index (χ2n) is 8.88. The lowest BCUT2D eigenvalue weighted by Crippen LogP contribution is -2.23. The second-order valence-corrected chi connectivity index (χ2v) is 8.88. The zero-order valence-electron chi connectivity index (χ0n) is 19.0. The number of anilines is 2. The number of benzene rings is 3. The van der Waals surface area contributed by atoms with Crippen LogP contribution in [0.4, 0.5) is 21.5 Å². The van der Waals surface area contributed by atoms with Crippen LogP contribution in [0.15, 0.2) is 72.0 Å². The van der Waals surface area contributed by atoms with E-state index in [1.807, 2.05) is 54.1 Å². The minimum Gasteiger partial charge on any atom is -0.334 e. The van der Waals surface area contributed by atoms with Gasteiger partial charge in [0.05, 0.1) is 28.8 Å². The molecule has 0 radical (unpaired) electrons. The van der Waals surface area contributed by atoms with E-state index in [1.54, 1.807) is 17.3 Å². The van der Waals surface area contributed by atoms with E-state index in [1.165, 1.54) is 12.1 Å². The number of nitrogens with zero attached hydrogens (tertiary/aromatic N) is 4. The Bertz CT molecular complexity index is 1520. The first kappa shape index (κ1) is 21.2. The number of hydrogen-bond donors (Lipinski definition) is 1. The van der Waals surface area contributed by atoms with Gasteiger partial charge < -0.3 is 14.8 Å². The lowest BCUT2D eigenvalue weighted by Gasteiger charge is -2.16. The Labute approximate surface area is 200 Å². The summed E-state index contributed by atoms with van der Waals surface area (Å²) in [6.45, 7) is 0.715. The van der Waals surface area contributed by atoms with Gasteiger partial charge in [0.1, 0.15) is 11.7 Å². The minimum absolute atomic E-state index is 0.122. The molecule has 0 aliphatic carbocycles. The summed E-state index contributed by atoms with van der Waals surface area (Å²) >= 11 is 0. The predicted molar refractivity (Wildman–Crippen MR) is 133 cm³/mol. The van der Waals surface area contributed by atoms with Gasteiger partial charge in [0.25, 0.3) is 0 Å². The van der Waals surface area contributed by atoms with E-state index < -0.39 is 11.7 Å². The number of amides is 2. The Morgan fingerprint density at radius 2 is 1.91 bits per heavy atom. The van der Waals surface area contributed by atoms with Crippen molar-refractivity contribution in [2.75, 3.05) is 16.8 Å². The highest BCUT2D eigenvalue weighted by Gasteiger charge is 2.36. The van der Waals surface area contributed by atoms with Crippen molar-refractivity contribution in [1.82, 2.24) is 9.55 Å². The molecule has 35 heavy (non-hydrogen) atoms. The number of aliphatic imine (C=N–C) groups is 1. The highest BCUT2D eigenvalue weighted by molar-refractivity contribution is 6.24. The molecule has 6 rings (SSSR count). The summed E-state index contributed by atoms with van der Waals surface area (Å²) in [5, 5.41) is 2.79. The van der Waals surface area contributed by atoms with E-state index in [0.29, 0.717) is 35.6 Å². The molecule has 1 aromatic heterocycles. The summed E-state index contributed by atoms with van der Waals surface area (Å²) in [5.74, 6) is -1.25. The van der Waals surface area contributed by atoms with Gasteiger partial charge in [0, 0.05) is 31.4 Å². The number of fused-ring (bicyclic) bond motifs is 2. The molecule has 0 spiro atoms. The third-order valence-electron chi connectivity index (χ3n) is 6.63. The first-order valence-electron chi connectivity index (χ1n) is 11.5. The fraction of sp³-hybridized carbons (Fsp3) is 0.185. The van der Waals surface area contributed by atoms with E-state index in [-0.39, 0.29) is 11.8 Å². The van der Waals surface area contributed by atoms with Crippen molar-refractivity contribution < 1.29 is 14.0 Å². The Kier molecular flexibility index (Phi) is 4.95. The second kappa shape index (κ2) is 8.16. The predicted octanol–water partition coefficient (Wildman–Crippen LogP) is 4.70. The van der Waals surface area contributed by atoms with Gasteiger partial charge in [0.15, 0.2) is 0 Å². The van der Waals surface area contributed by atoms with Crippen LogP contribution in [-0.4, -0.2) is 33.6 Å². The maximum absolute atomic E-state index is 13.8. The molecule has 2 aliphatic rings. The molecule has 174 valence electrons. The summed E-state index contributed by atoms with van der Waals surface area (Å²) in [7, 11) is 1.92. The lowest BCUT2D eigenvalue weighted by molar-refractivity contribution is -0.117. The van der Waals surface area contributed by atoms with E-state index in [4.69, 9.17) is 4.99 Å². The number of aryl methyl sites for hydroxylation is 1. The number of halogens is 1. The van der Waals surface area contributed by atoms with Crippen molar-refractivity contribution in [3.05, 3.63) is 83.9 Å². The van der Waals surface area contributed by atoms with Crippen LogP contribution >= 0.6 is 0 Å². The van der Waals surface area contributed by atoms with E-state index in [9.17, 15) is 14.0 Å². The fourth-order valence-electron chi connectivity index (χ4n) is 4.86. The number of rotatable bonds is 4. The quantitative estimate of drug-likeness (QED) is 0.442. The first-order chi connectivity index (χ1) is 17.0. The van der Waals surface area contributed by atoms with Crippen LogP contribution < -0.4 is 10.2 Å². The summed E-state index contributed by atoms with van der Waals surface area (Å²) < 4.78 is 15.8. The molecule has 8 heteroatoms. The summed E-state index contributed by atoms with van der Waals surface area (Å²) in [6.07, 6.45) is 3.16. The van der Waals surface area contributed by atoms with Gasteiger partial charge in [0.2, 0.25) is 11.8 Å². The molecule has 3 heterocycles. The van der Waals surface area contributed by atoms with Crippen LogP contribution in [0.5, 0.6) is 0 Å². The van der Waals surface area contributed by atoms with Crippen molar-refractivity contribution in [2.45, 2.75) is 18.8 Å². The molecule has 7 nitrogen and oxygen atoms in total. The van der Waals surface area contributed by atoms with Gasteiger partial charge in [-0.3, -0.25) is 14.6 Å². The van der Waals surface area contributed by atoms with E-state index in [2.05, 4.69) is 10.3 Å². The Morgan fingerprint density at radius 1 is 1.09 bits per heavy atom. The maximum atomic E-state index is 13.8. The van der Waals surface area contributed by atoms with Gasteiger partial charge in [-0.25, -0.2) is 9.37 Å². The monoisotopic (exact) mass is 467 g/mol. The zero-order valence-corrected chi connectivity index (χ0v) is 19.0. The van der Waals surface area contributed by atoms with Crippen LogP contribution in [-0.2, 0) is 16.6 Å². The number of nitrogens with one attached hydrogen (secondary N) is 1. The van der Waals surface area contributed by atoms with Crippen LogP contribution in [0.2, 0.25) is 0 Å². The van der Waals surface area contributed by atoms with Crippen molar-refractivity contribution in [3.8, 4) is 0 Å². The highest BCUT2D eigenvalue weighted by Crippen LogP contribution is 2.37. The molecule has 2 aliphatic heterocycles. The highest BCUT2D eigenvalue weighted by atomic mass is 19.1. The zero-order chi connectivity index (χ0) is 24.1. The van der Waals surface area contributed by atoms with Crippen LogP contribution in [0.1, 0.15) is 29.9 Å². The molecule has 1 saturated heterocycles. The molecule has 1 N–H and O–H groups in total. The van der Waals surface area contributed by atoms with Gasteiger partial charge in [-0.1, -0.05) is 12.1 Å². The van der Waals surface area contributed by atoms with Gasteiger partial charge in [-0.2, -0.15) is 0 Å². The molecule has 0 bridgehead atoms. The lowest BCUT2D eigenvalue weighted by atomic mass is 9.90. The summed E-state index contributed by atoms with van der Waals surface area (Å²) in [6, 6.07) is 17.5. The molecular weight excluding hydrogens is 445 g/mol. The van der Waals surface area contributed by atoms with Gasteiger partial charge in [-0.05, 0) is 66.1 Å². The minimum atomic E-state index is -0.702. The number of carbonyl (C=O) groups is 2. The van der Waals surface area contributed by atoms with Crippen LogP contribution in [0.3, 0.4) is 0 Å². The topological polar surface area (TPSA) is 79.6 Å². The fourth-order valence-corrected chi connectivity index (χ4v) is 4.86. The average molecular weight is 468 g/mol. The Morgan fingerprint density at radius 3 is 2.69 bits per heavy atom. The molecule has 0 saturated carbocycles. The van der Waals surface area contributed by atoms with Crippen molar-refractivity contribution in [1.29, 1.82) is 0 Å².